The van der Waals surface area contributed by atoms with Crippen LogP contribution in [0.15, 0.2) is 17.8 Å². The number of rotatable bonds is 3. The Balaban J connectivity index is 2.25. The molecule has 1 radical (unpaired) electrons. The van der Waals surface area contributed by atoms with Crippen LogP contribution in [0, 0.1) is 6.08 Å². The first-order chi connectivity index (χ1) is 4.93. The summed E-state index contributed by atoms with van der Waals surface area (Å²) in [5.41, 5.74) is 1.34. The summed E-state index contributed by atoms with van der Waals surface area (Å²) in [6.45, 7) is 3.17. The van der Waals surface area contributed by atoms with Crippen LogP contribution in [0.25, 0.3) is 0 Å². The van der Waals surface area contributed by atoms with Crippen molar-refractivity contribution in [2.75, 3.05) is 6.54 Å². The molecule has 0 aromatic carbocycles. The predicted molar refractivity (Wildman–Crippen MR) is 43.4 cm³/mol. The molecule has 0 aromatic heterocycles. The first kappa shape index (κ1) is 7.39. The first-order valence-electron chi connectivity index (χ1n) is 3.94. The fraction of sp³-hybridized carbons (Fsp3) is 0.556. The van der Waals surface area contributed by atoms with Gasteiger partial charge < -0.3 is 5.32 Å². The molecule has 1 heterocycles. The highest BCUT2D eigenvalue weighted by Gasteiger charge is 1.95. The SMILES string of the molecule is CCCCC1=C[C]=CCN1. The average molecular weight is 136 g/mol. The van der Waals surface area contributed by atoms with E-state index >= 15 is 0 Å². The molecule has 0 amide bonds. The highest BCUT2D eigenvalue weighted by Crippen LogP contribution is 2.05. The third-order valence-corrected chi connectivity index (χ3v) is 1.61. The Kier molecular flexibility index (Phi) is 3.07. The zero-order valence-corrected chi connectivity index (χ0v) is 6.48. The lowest BCUT2D eigenvalue weighted by atomic mass is 10.1. The Morgan fingerprint density at radius 1 is 1.70 bits per heavy atom. The van der Waals surface area contributed by atoms with Crippen molar-refractivity contribution in [1.82, 2.24) is 5.32 Å². The molecule has 1 rings (SSSR count). The maximum atomic E-state index is 3.30. The number of hydrogen-bond donors (Lipinski definition) is 1. The van der Waals surface area contributed by atoms with Crippen LogP contribution in [0.3, 0.4) is 0 Å². The minimum Gasteiger partial charge on any atom is -0.385 e. The lowest BCUT2D eigenvalue weighted by Gasteiger charge is -2.10. The first-order valence-corrected chi connectivity index (χ1v) is 3.94. The van der Waals surface area contributed by atoms with Crippen LogP contribution in [-0.4, -0.2) is 6.54 Å². The average Bonchev–Trinajstić information content (AvgIpc) is 2.03. The van der Waals surface area contributed by atoms with E-state index in [1.165, 1.54) is 25.0 Å². The highest BCUT2D eigenvalue weighted by molar-refractivity contribution is 5.11. The quantitative estimate of drug-likeness (QED) is 0.626. The topological polar surface area (TPSA) is 12.0 Å². The summed E-state index contributed by atoms with van der Waals surface area (Å²) in [4.78, 5) is 0. The molecular formula is C9H14N. The molecule has 0 saturated heterocycles. The molecule has 0 saturated carbocycles. The van der Waals surface area contributed by atoms with Gasteiger partial charge in [-0.3, -0.25) is 0 Å². The van der Waals surface area contributed by atoms with Gasteiger partial charge in [-0.2, -0.15) is 0 Å². The maximum absolute atomic E-state index is 3.30. The summed E-state index contributed by atoms with van der Waals surface area (Å²) >= 11 is 0. The fourth-order valence-electron chi connectivity index (χ4n) is 0.979. The number of allylic oxidation sites excluding steroid dienone is 3. The Bertz CT molecular complexity index is 145. The van der Waals surface area contributed by atoms with Gasteiger partial charge in [0, 0.05) is 12.2 Å². The van der Waals surface area contributed by atoms with Crippen molar-refractivity contribution in [2.24, 2.45) is 0 Å². The van der Waals surface area contributed by atoms with Crippen molar-refractivity contribution in [3.05, 3.63) is 23.9 Å². The summed E-state index contributed by atoms with van der Waals surface area (Å²) in [6.07, 6.45) is 10.9. The number of unbranched alkanes of at least 4 members (excludes halogenated alkanes) is 1. The molecule has 1 aliphatic heterocycles. The number of hydrogen-bond acceptors (Lipinski definition) is 1. The largest absolute Gasteiger partial charge is 0.385 e. The molecule has 0 unspecified atom stereocenters. The van der Waals surface area contributed by atoms with Gasteiger partial charge in [0.2, 0.25) is 0 Å². The van der Waals surface area contributed by atoms with E-state index in [1.807, 2.05) is 12.2 Å². The molecule has 1 N–H and O–H groups in total. The lowest BCUT2D eigenvalue weighted by Crippen LogP contribution is -2.15. The van der Waals surface area contributed by atoms with Gasteiger partial charge in [-0.25, -0.2) is 0 Å². The van der Waals surface area contributed by atoms with E-state index in [0.717, 1.165) is 6.54 Å². The van der Waals surface area contributed by atoms with Gasteiger partial charge in [0.15, 0.2) is 0 Å². The molecule has 0 fully saturated rings. The van der Waals surface area contributed by atoms with Crippen LogP contribution >= 0.6 is 0 Å². The number of nitrogens with one attached hydrogen (secondary N) is 1. The smallest absolute Gasteiger partial charge is 0.0336 e. The summed E-state index contributed by atoms with van der Waals surface area (Å²) in [6, 6.07) is 0. The second kappa shape index (κ2) is 4.15. The minimum atomic E-state index is 0.954. The molecule has 0 atom stereocenters. The highest BCUT2D eigenvalue weighted by atomic mass is 14.9. The van der Waals surface area contributed by atoms with Crippen LogP contribution < -0.4 is 5.32 Å². The van der Waals surface area contributed by atoms with E-state index in [-0.39, 0.29) is 0 Å². The van der Waals surface area contributed by atoms with E-state index in [4.69, 9.17) is 0 Å². The van der Waals surface area contributed by atoms with Gasteiger partial charge in [0.25, 0.3) is 0 Å². The molecule has 1 heteroatoms. The monoisotopic (exact) mass is 136 g/mol. The van der Waals surface area contributed by atoms with Crippen LogP contribution in [0.1, 0.15) is 26.2 Å². The van der Waals surface area contributed by atoms with E-state index in [0.29, 0.717) is 0 Å². The normalized spacial score (nSPS) is 16.3. The molecule has 1 nitrogen and oxygen atoms in total. The Morgan fingerprint density at radius 3 is 3.20 bits per heavy atom. The molecule has 0 bridgehead atoms. The standard InChI is InChI=1S/C9H14N/c1-2-3-6-9-7-4-5-8-10-9/h5,7,10H,2-3,6,8H2,1H3. The molecule has 1 aliphatic rings. The van der Waals surface area contributed by atoms with Crippen molar-refractivity contribution in [3.8, 4) is 0 Å². The summed E-state index contributed by atoms with van der Waals surface area (Å²) in [7, 11) is 0. The van der Waals surface area contributed by atoms with Gasteiger partial charge in [-0.15, -0.1) is 0 Å². The van der Waals surface area contributed by atoms with Gasteiger partial charge in [-0.1, -0.05) is 19.4 Å². The lowest BCUT2D eigenvalue weighted by molar-refractivity contribution is 0.722. The van der Waals surface area contributed by atoms with Crippen molar-refractivity contribution in [1.29, 1.82) is 0 Å². The molecule has 55 valence electrons. The molecular weight excluding hydrogens is 122 g/mol. The molecule has 0 aromatic rings. The second-order valence-corrected chi connectivity index (χ2v) is 2.52. The van der Waals surface area contributed by atoms with Crippen LogP contribution in [0.2, 0.25) is 0 Å². The fourth-order valence-corrected chi connectivity index (χ4v) is 0.979. The van der Waals surface area contributed by atoms with Crippen LogP contribution in [0.4, 0.5) is 0 Å². The Hall–Kier alpha value is -0.720. The second-order valence-electron chi connectivity index (χ2n) is 2.52. The summed E-state index contributed by atoms with van der Waals surface area (Å²) in [5, 5.41) is 3.30. The van der Waals surface area contributed by atoms with Gasteiger partial charge in [0.05, 0.1) is 0 Å². The maximum Gasteiger partial charge on any atom is 0.0336 e. The summed E-state index contributed by atoms with van der Waals surface area (Å²) in [5.74, 6) is 0. The van der Waals surface area contributed by atoms with E-state index in [9.17, 15) is 0 Å². The van der Waals surface area contributed by atoms with Crippen LogP contribution in [-0.2, 0) is 0 Å². The summed E-state index contributed by atoms with van der Waals surface area (Å²) < 4.78 is 0. The predicted octanol–water partition coefficient (Wildman–Crippen LogP) is 2.02. The number of dihydropyridines is 1. The van der Waals surface area contributed by atoms with E-state index in [1.54, 1.807) is 0 Å². The zero-order chi connectivity index (χ0) is 7.23. The van der Waals surface area contributed by atoms with Crippen molar-refractivity contribution >= 4 is 0 Å². The van der Waals surface area contributed by atoms with Crippen molar-refractivity contribution < 1.29 is 0 Å². The van der Waals surface area contributed by atoms with E-state index in [2.05, 4.69) is 18.3 Å². The van der Waals surface area contributed by atoms with Crippen LogP contribution in [0.5, 0.6) is 0 Å². The van der Waals surface area contributed by atoms with Gasteiger partial charge >= 0.3 is 0 Å². The van der Waals surface area contributed by atoms with Crippen molar-refractivity contribution in [2.45, 2.75) is 26.2 Å². The Morgan fingerprint density at radius 2 is 2.60 bits per heavy atom. The Labute approximate surface area is 62.8 Å². The third kappa shape index (κ3) is 2.26. The minimum absolute atomic E-state index is 0.954. The van der Waals surface area contributed by atoms with Gasteiger partial charge in [0.1, 0.15) is 0 Å². The third-order valence-electron chi connectivity index (χ3n) is 1.61. The van der Waals surface area contributed by atoms with Gasteiger partial charge in [-0.05, 0) is 25.0 Å². The molecule has 10 heavy (non-hydrogen) atoms. The molecule has 0 aliphatic carbocycles. The van der Waals surface area contributed by atoms with E-state index < -0.39 is 0 Å². The molecule has 0 spiro atoms. The zero-order valence-electron chi connectivity index (χ0n) is 6.48. The van der Waals surface area contributed by atoms with Crippen molar-refractivity contribution in [3.63, 3.8) is 0 Å².